The van der Waals surface area contributed by atoms with Gasteiger partial charge in [0.2, 0.25) is 0 Å². The highest BCUT2D eigenvalue weighted by Crippen LogP contribution is 2.21. The number of ether oxygens (including phenoxy) is 1. The van der Waals surface area contributed by atoms with Crippen molar-refractivity contribution in [3.8, 4) is 0 Å². The lowest BCUT2D eigenvalue weighted by molar-refractivity contribution is -0.142. The molecule has 0 aliphatic carbocycles. The van der Waals surface area contributed by atoms with Crippen LogP contribution in [0.4, 0.5) is 5.13 Å². The summed E-state index contributed by atoms with van der Waals surface area (Å²) in [7, 11) is 0. The molecule has 0 amide bonds. The lowest BCUT2D eigenvalue weighted by Crippen LogP contribution is -2.11. The SMILES string of the molecule is CCOC(=O)CCNc1nc(C(C)C)cs1. The molecule has 1 rings (SSSR count). The number of hydrogen-bond donors (Lipinski definition) is 1. The third kappa shape index (κ3) is 4.18. The minimum Gasteiger partial charge on any atom is -0.466 e. The number of thiazole rings is 1. The lowest BCUT2D eigenvalue weighted by atomic mass is 10.2. The Morgan fingerprint density at radius 1 is 1.62 bits per heavy atom. The zero-order valence-electron chi connectivity index (χ0n) is 9.95. The molecular formula is C11H18N2O2S. The third-order valence-corrected chi connectivity index (χ3v) is 2.84. The van der Waals surface area contributed by atoms with Gasteiger partial charge in [-0.3, -0.25) is 4.79 Å². The van der Waals surface area contributed by atoms with Gasteiger partial charge in [-0.05, 0) is 12.8 Å². The average molecular weight is 242 g/mol. The molecule has 4 nitrogen and oxygen atoms in total. The van der Waals surface area contributed by atoms with E-state index < -0.39 is 0 Å². The summed E-state index contributed by atoms with van der Waals surface area (Å²) in [6, 6.07) is 0. The largest absolute Gasteiger partial charge is 0.466 e. The predicted octanol–water partition coefficient (Wildman–Crippen LogP) is 2.63. The number of rotatable bonds is 6. The van der Waals surface area contributed by atoms with Crippen LogP contribution >= 0.6 is 11.3 Å². The fraction of sp³-hybridized carbons (Fsp3) is 0.636. The van der Waals surface area contributed by atoms with E-state index in [2.05, 4.69) is 24.1 Å². The highest BCUT2D eigenvalue weighted by Gasteiger charge is 2.06. The molecule has 90 valence electrons. The van der Waals surface area contributed by atoms with Gasteiger partial charge >= 0.3 is 5.97 Å². The maximum absolute atomic E-state index is 11.1. The Bertz CT molecular complexity index is 336. The van der Waals surface area contributed by atoms with E-state index in [1.54, 1.807) is 18.3 Å². The molecule has 5 heteroatoms. The van der Waals surface area contributed by atoms with Gasteiger partial charge in [0.05, 0.1) is 18.7 Å². The average Bonchev–Trinajstić information content (AvgIpc) is 2.67. The molecule has 1 aromatic rings. The van der Waals surface area contributed by atoms with Crippen molar-refractivity contribution in [3.05, 3.63) is 11.1 Å². The van der Waals surface area contributed by atoms with Gasteiger partial charge in [0, 0.05) is 11.9 Å². The first kappa shape index (κ1) is 13.0. The Kier molecular flexibility index (Phi) is 5.25. The fourth-order valence-electron chi connectivity index (χ4n) is 1.14. The van der Waals surface area contributed by atoms with Crippen LogP contribution in [-0.2, 0) is 9.53 Å². The highest BCUT2D eigenvalue weighted by molar-refractivity contribution is 7.13. The predicted molar refractivity (Wildman–Crippen MR) is 65.9 cm³/mol. The van der Waals surface area contributed by atoms with Crippen molar-refractivity contribution in [3.63, 3.8) is 0 Å². The summed E-state index contributed by atoms with van der Waals surface area (Å²) in [6.07, 6.45) is 0.379. The molecular weight excluding hydrogens is 224 g/mol. The summed E-state index contributed by atoms with van der Waals surface area (Å²) in [5.41, 5.74) is 1.09. The van der Waals surface area contributed by atoms with Crippen molar-refractivity contribution >= 4 is 22.4 Å². The number of hydrogen-bond acceptors (Lipinski definition) is 5. The second-order valence-electron chi connectivity index (χ2n) is 3.71. The molecule has 0 atom stereocenters. The van der Waals surface area contributed by atoms with Crippen LogP contribution in [0.5, 0.6) is 0 Å². The molecule has 0 fully saturated rings. The van der Waals surface area contributed by atoms with E-state index in [0.717, 1.165) is 10.8 Å². The third-order valence-electron chi connectivity index (χ3n) is 2.02. The van der Waals surface area contributed by atoms with Crippen molar-refractivity contribution in [1.29, 1.82) is 0 Å². The van der Waals surface area contributed by atoms with Crippen molar-refractivity contribution in [2.24, 2.45) is 0 Å². The van der Waals surface area contributed by atoms with Gasteiger partial charge in [-0.2, -0.15) is 0 Å². The quantitative estimate of drug-likeness (QED) is 0.779. The Hall–Kier alpha value is -1.10. The molecule has 0 aromatic carbocycles. The zero-order valence-corrected chi connectivity index (χ0v) is 10.8. The Balaban J connectivity index is 2.29. The molecule has 16 heavy (non-hydrogen) atoms. The van der Waals surface area contributed by atoms with Gasteiger partial charge in [0.1, 0.15) is 0 Å². The first-order chi connectivity index (χ1) is 7.63. The summed E-state index contributed by atoms with van der Waals surface area (Å²) in [5, 5.41) is 6.02. The molecule has 0 radical (unpaired) electrons. The van der Waals surface area contributed by atoms with Crippen LogP contribution < -0.4 is 5.32 Å². The Morgan fingerprint density at radius 2 is 2.38 bits per heavy atom. The molecule has 0 aliphatic rings. The van der Waals surface area contributed by atoms with Crippen LogP contribution in [0.1, 0.15) is 38.8 Å². The maximum Gasteiger partial charge on any atom is 0.307 e. The minimum atomic E-state index is -0.171. The van der Waals surface area contributed by atoms with Crippen molar-refractivity contribution in [2.75, 3.05) is 18.5 Å². The molecule has 0 bridgehead atoms. The van der Waals surface area contributed by atoms with Gasteiger partial charge in [-0.15, -0.1) is 11.3 Å². The molecule has 0 spiro atoms. The van der Waals surface area contributed by atoms with Crippen molar-refractivity contribution < 1.29 is 9.53 Å². The molecule has 1 aromatic heterocycles. The molecule has 1 N–H and O–H groups in total. The highest BCUT2D eigenvalue weighted by atomic mass is 32.1. The number of nitrogens with zero attached hydrogens (tertiary/aromatic N) is 1. The number of carbonyl (C=O) groups excluding carboxylic acids is 1. The van der Waals surface area contributed by atoms with E-state index in [9.17, 15) is 4.79 Å². The van der Waals surface area contributed by atoms with Crippen molar-refractivity contribution in [1.82, 2.24) is 4.98 Å². The monoisotopic (exact) mass is 242 g/mol. The summed E-state index contributed by atoms with van der Waals surface area (Å²) in [5.74, 6) is 0.271. The summed E-state index contributed by atoms with van der Waals surface area (Å²) in [4.78, 5) is 15.5. The molecule has 0 saturated heterocycles. The van der Waals surface area contributed by atoms with E-state index >= 15 is 0 Å². The number of aromatic nitrogens is 1. The number of nitrogens with one attached hydrogen (secondary N) is 1. The summed E-state index contributed by atoms with van der Waals surface area (Å²) in [6.45, 7) is 7.04. The number of esters is 1. The van der Waals surface area contributed by atoms with Gasteiger partial charge in [-0.25, -0.2) is 4.98 Å². The second-order valence-corrected chi connectivity index (χ2v) is 4.57. The standard InChI is InChI=1S/C11H18N2O2S/c1-4-15-10(14)5-6-12-11-13-9(7-16-11)8(2)3/h7-8H,4-6H2,1-3H3,(H,12,13). The van der Waals surface area contributed by atoms with Crippen molar-refractivity contribution in [2.45, 2.75) is 33.1 Å². The van der Waals surface area contributed by atoms with Gasteiger partial charge in [0.25, 0.3) is 0 Å². The van der Waals surface area contributed by atoms with Crippen LogP contribution in [0, 0.1) is 0 Å². The number of carbonyl (C=O) groups is 1. The molecule has 0 unspecified atom stereocenters. The Morgan fingerprint density at radius 3 is 2.94 bits per heavy atom. The molecule has 0 aliphatic heterocycles. The van der Waals surface area contributed by atoms with E-state index in [-0.39, 0.29) is 5.97 Å². The fourth-order valence-corrected chi connectivity index (χ4v) is 2.04. The summed E-state index contributed by atoms with van der Waals surface area (Å²) >= 11 is 1.57. The smallest absolute Gasteiger partial charge is 0.307 e. The topological polar surface area (TPSA) is 51.2 Å². The van der Waals surface area contributed by atoms with E-state index in [0.29, 0.717) is 25.5 Å². The van der Waals surface area contributed by atoms with E-state index in [4.69, 9.17) is 4.74 Å². The van der Waals surface area contributed by atoms with E-state index in [1.807, 2.05) is 5.38 Å². The summed E-state index contributed by atoms with van der Waals surface area (Å²) < 4.78 is 4.83. The first-order valence-corrected chi connectivity index (χ1v) is 6.36. The normalized spacial score (nSPS) is 10.5. The zero-order chi connectivity index (χ0) is 12.0. The lowest BCUT2D eigenvalue weighted by Gasteiger charge is -2.02. The number of anilines is 1. The Labute approximate surface area is 100 Å². The van der Waals surface area contributed by atoms with E-state index in [1.165, 1.54) is 0 Å². The molecule has 0 saturated carbocycles. The van der Waals surface area contributed by atoms with Crippen LogP contribution in [0.25, 0.3) is 0 Å². The molecule has 1 heterocycles. The maximum atomic E-state index is 11.1. The van der Waals surface area contributed by atoms with Crippen LogP contribution in [-0.4, -0.2) is 24.1 Å². The van der Waals surface area contributed by atoms with Gasteiger partial charge in [0.15, 0.2) is 5.13 Å². The van der Waals surface area contributed by atoms with Crippen LogP contribution in [0.15, 0.2) is 5.38 Å². The van der Waals surface area contributed by atoms with Gasteiger partial charge < -0.3 is 10.1 Å². The van der Waals surface area contributed by atoms with Gasteiger partial charge in [-0.1, -0.05) is 13.8 Å². The van der Waals surface area contributed by atoms with Crippen LogP contribution in [0.2, 0.25) is 0 Å². The second kappa shape index (κ2) is 6.48. The minimum absolute atomic E-state index is 0.171. The van der Waals surface area contributed by atoms with Crippen LogP contribution in [0.3, 0.4) is 0 Å². The first-order valence-electron chi connectivity index (χ1n) is 5.48.